The van der Waals surface area contributed by atoms with Crippen LogP contribution in [0, 0.1) is 0 Å². The van der Waals surface area contributed by atoms with Gasteiger partial charge in [-0.15, -0.1) is 0 Å². The molecule has 3 aromatic rings. The van der Waals surface area contributed by atoms with E-state index < -0.39 is 17.8 Å². The third-order valence-electron chi connectivity index (χ3n) is 4.51. The second kappa shape index (κ2) is 7.92. The Hall–Kier alpha value is -2.02. The average molecular weight is 397 g/mol. The van der Waals surface area contributed by atoms with Crippen molar-refractivity contribution < 1.29 is 18.3 Å². The van der Waals surface area contributed by atoms with E-state index in [2.05, 4.69) is 10.3 Å². The van der Waals surface area contributed by atoms with Gasteiger partial charge in [0.25, 0.3) is 0 Å². The Kier molecular flexibility index (Phi) is 5.79. The number of fused-ring (bicyclic) bond motifs is 1. The van der Waals surface area contributed by atoms with Gasteiger partial charge in [0, 0.05) is 34.7 Å². The number of hydrogen-bond acceptors (Lipinski definition) is 2. The third kappa shape index (κ3) is 4.83. The fourth-order valence-electron chi connectivity index (χ4n) is 3.08. The summed E-state index contributed by atoms with van der Waals surface area (Å²) in [5, 5.41) is 15.2. The third-order valence-corrected chi connectivity index (χ3v) is 4.75. The van der Waals surface area contributed by atoms with Crippen molar-refractivity contribution in [3.63, 3.8) is 0 Å². The maximum absolute atomic E-state index is 12.8. The molecule has 27 heavy (non-hydrogen) atoms. The van der Waals surface area contributed by atoms with Gasteiger partial charge in [0.15, 0.2) is 0 Å². The molecule has 0 saturated carbocycles. The number of H-pyrrole nitrogens is 1. The largest absolute Gasteiger partial charge is 0.416 e. The van der Waals surface area contributed by atoms with Crippen molar-refractivity contribution in [3.8, 4) is 0 Å². The van der Waals surface area contributed by atoms with Gasteiger partial charge in [-0.2, -0.15) is 13.2 Å². The minimum atomic E-state index is -4.42. The van der Waals surface area contributed by atoms with Crippen molar-refractivity contribution >= 4 is 22.5 Å². The lowest BCUT2D eigenvalue weighted by atomic mass is 10.0. The predicted molar refractivity (Wildman–Crippen MR) is 101 cm³/mol. The molecule has 1 aromatic heterocycles. The molecule has 0 aliphatic carbocycles. The number of alkyl halides is 3. The van der Waals surface area contributed by atoms with E-state index in [9.17, 15) is 18.3 Å². The summed E-state index contributed by atoms with van der Waals surface area (Å²) in [7, 11) is 0. The molecule has 0 bridgehead atoms. The highest BCUT2D eigenvalue weighted by Gasteiger charge is 2.30. The summed E-state index contributed by atoms with van der Waals surface area (Å²) in [4.78, 5) is 3.18. The number of aromatic amines is 1. The molecule has 3 rings (SSSR count). The van der Waals surface area contributed by atoms with Gasteiger partial charge in [-0.25, -0.2) is 0 Å². The number of nitrogens with one attached hydrogen (secondary N) is 2. The van der Waals surface area contributed by atoms with Gasteiger partial charge in [0.1, 0.15) is 0 Å². The van der Waals surface area contributed by atoms with Crippen LogP contribution in [0.2, 0.25) is 5.02 Å². The topological polar surface area (TPSA) is 48.0 Å². The molecule has 0 aliphatic rings. The van der Waals surface area contributed by atoms with Crippen molar-refractivity contribution in [2.45, 2.75) is 31.7 Å². The van der Waals surface area contributed by atoms with Gasteiger partial charge in [-0.1, -0.05) is 29.8 Å². The van der Waals surface area contributed by atoms with Crippen molar-refractivity contribution in [2.24, 2.45) is 0 Å². The number of aromatic nitrogens is 1. The van der Waals surface area contributed by atoms with Gasteiger partial charge in [0.2, 0.25) is 0 Å². The molecular formula is C20H20ClF3N2O. The molecule has 3 N–H and O–H groups in total. The van der Waals surface area contributed by atoms with Crippen LogP contribution in [0.1, 0.15) is 29.7 Å². The van der Waals surface area contributed by atoms with Crippen LogP contribution in [0.25, 0.3) is 10.9 Å². The van der Waals surface area contributed by atoms with Crippen LogP contribution in [-0.2, 0) is 12.6 Å². The summed E-state index contributed by atoms with van der Waals surface area (Å²) in [5.74, 6) is 0. The van der Waals surface area contributed by atoms with E-state index >= 15 is 0 Å². The molecule has 144 valence electrons. The Bertz CT molecular complexity index is 923. The van der Waals surface area contributed by atoms with E-state index in [4.69, 9.17) is 11.6 Å². The maximum Gasteiger partial charge on any atom is 0.416 e. The molecule has 0 aliphatic heterocycles. The van der Waals surface area contributed by atoms with Gasteiger partial charge in [-0.05, 0) is 48.7 Å². The van der Waals surface area contributed by atoms with Gasteiger partial charge in [-0.3, -0.25) is 0 Å². The summed E-state index contributed by atoms with van der Waals surface area (Å²) in [5.41, 5.74) is 1.54. The highest BCUT2D eigenvalue weighted by molar-refractivity contribution is 6.31. The molecule has 0 saturated heterocycles. The Balaban J connectivity index is 1.61. The highest BCUT2D eigenvalue weighted by atomic mass is 35.5. The molecule has 0 fully saturated rings. The van der Waals surface area contributed by atoms with Crippen molar-refractivity contribution in [3.05, 3.63) is 70.4 Å². The number of rotatable bonds is 6. The van der Waals surface area contributed by atoms with E-state index in [-0.39, 0.29) is 18.2 Å². The van der Waals surface area contributed by atoms with Gasteiger partial charge >= 0.3 is 6.18 Å². The Labute approximate surface area is 160 Å². The second-order valence-electron chi connectivity index (χ2n) is 6.66. The molecule has 2 atom stereocenters. The van der Waals surface area contributed by atoms with Crippen LogP contribution in [0.3, 0.4) is 0 Å². The Morgan fingerprint density at radius 3 is 2.70 bits per heavy atom. The maximum atomic E-state index is 12.8. The monoisotopic (exact) mass is 396 g/mol. The molecule has 0 radical (unpaired) electrons. The van der Waals surface area contributed by atoms with Crippen molar-refractivity contribution in [2.75, 3.05) is 6.54 Å². The molecular weight excluding hydrogens is 377 g/mol. The zero-order valence-corrected chi connectivity index (χ0v) is 15.4. The number of benzene rings is 2. The van der Waals surface area contributed by atoms with Gasteiger partial charge in [0.05, 0.1) is 11.7 Å². The fourth-order valence-corrected chi connectivity index (χ4v) is 3.25. The minimum absolute atomic E-state index is 0.0279. The first-order valence-electron chi connectivity index (χ1n) is 8.58. The van der Waals surface area contributed by atoms with Crippen LogP contribution < -0.4 is 5.32 Å². The summed E-state index contributed by atoms with van der Waals surface area (Å²) >= 11 is 5.99. The van der Waals surface area contributed by atoms with Crippen LogP contribution >= 0.6 is 11.6 Å². The predicted octanol–water partition coefficient (Wildman–Crippen LogP) is 5.09. The first-order valence-corrected chi connectivity index (χ1v) is 8.96. The second-order valence-corrected chi connectivity index (χ2v) is 7.09. The zero-order chi connectivity index (χ0) is 19.6. The van der Waals surface area contributed by atoms with Crippen LogP contribution in [0.5, 0.6) is 0 Å². The zero-order valence-electron chi connectivity index (χ0n) is 14.6. The highest BCUT2D eigenvalue weighted by Crippen LogP contribution is 2.30. The van der Waals surface area contributed by atoms with E-state index in [0.29, 0.717) is 11.4 Å². The normalized spacial score (nSPS) is 14.4. The Morgan fingerprint density at radius 1 is 1.19 bits per heavy atom. The van der Waals surface area contributed by atoms with Crippen LogP contribution in [-0.4, -0.2) is 22.7 Å². The molecule has 0 spiro atoms. The number of aliphatic hydroxyl groups excluding tert-OH is 1. The van der Waals surface area contributed by atoms with E-state index in [1.165, 1.54) is 12.1 Å². The molecule has 7 heteroatoms. The van der Waals surface area contributed by atoms with E-state index in [1.807, 2.05) is 31.3 Å². The lowest BCUT2D eigenvalue weighted by Crippen LogP contribution is -2.32. The number of hydrogen-bond donors (Lipinski definition) is 3. The molecule has 0 amide bonds. The molecule has 2 aromatic carbocycles. The standard InChI is InChI=1S/C20H20ClF3N2O/c1-12(7-14-10-26-18-9-16(21)5-6-17(14)18)25-11-19(27)13-3-2-4-15(8-13)20(22,23)24/h2-6,8-10,12,19,25-27H,7,11H2,1H3. The lowest BCUT2D eigenvalue weighted by Gasteiger charge is -2.18. The van der Waals surface area contributed by atoms with Crippen LogP contribution in [0.15, 0.2) is 48.7 Å². The van der Waals surface area contributed by atoms with E-state index in [0.717, 1.165) is 28.6 Å². The molecule has 3 nitrogen and oxygen atoms in total. The van der Waals surface area contributed by atoms with Crippen molar-refractivity contribution in [1.82, 2.24) is 10.3 Å². The minimum Gasteiger partial charge on any atom is -0.387 e. The first kappa shape index (κ1) is 19.7. The van der Waals surface area contributed by atoms with Crippen molar-refractivity contribution in [1.29, 1.82) is 0 Å². The number of aliphatic hydroxyl groups is 1. The summed E-state index contributed by atoms with van der Waals surface area (Å²) in [6.45, 7) is 2.13. The smallest absolute Gasteiger partial charge is 0.387 e. The average Bonchev–Trinajstić information content (AvgIpc) is 3.01. The molecule has 2 unspecified atom stereocenters. The lowest BCUT2D eigenvalue weighted by molar-refractivity contribution is -0.137. The Morgan fingerprint density at radius 2 is 1.96 bits per heavy atom. The molecule has 1 heterocycles. The number of halogens is 4. The van der Waals surface area contributed by atoms with Gasteiger partial charge < -0.3 is 15.4 Å². The SMILES string of the molecule is CC(Cc1c[nH]c2cc(Cl)ccc12)NCC(O)c1cccc(C(F)(F)F)c1. The summed E-state index contributed by atoms with van der Waals surface area (Å²) in [6.07, 6.45) is -2.81. The quantitative estimate of drug-likeness (QED) is 0.543. The fraction of sp³-hybridized carbons (Fsp3) is 0.300. The first-order chi connectivity index (χ1) is 12.7. The summed E-state index contributed by atoms with van der Waals surface area (Å²) in [6, 6.07) is 10.5. The van der Waals surface area contributed by atoms with Crippen LogP contribution in [0.4, 0.5) is 13.2 Å². The summed E-state index contributed by atoms with van der Waals surface area (Å²) < 4.78 is 38.4. The van der Waals surface area contributed by atoms with E-state index in [1.54, 1.807) is 0 Å².